The van der Waals surface area contributed by atoms with Gasteiger partial charge in [-0.2, -0.15) is 0 Å². The number of ether oxygens (including phenoxy) is 1. The van der Waals surface area contributed by atoms with Gasteiger partial charge in [0.2, 0.25) is 0 Å². The monoisotopic (exact) mass is 295 g/mol. The van der Waals surface area contributed by atoms with Gasteiger partial charge in [0.1, 0.15) is 0 Å². The lowest BCUT2D eigenvalue weighted by Gasteiger charge is -2.29. The highest BCUT2D eigenvalue weighted by molar-refractivity contribution is 7.09. The molecule has 0 saturated carbocycles. The molecule has 0 aliphatic rings. The fourth-order valence-corrected chi connectivity index (χ4v) is 2.60. The van der Waals surface area contributed by atoms with Crippen molar-refractivity contribution in [3.63, 3.8) is 0 Å². The third kappa shape index (κ3) is 3.17. The number of thiophene rings is 1. The topological polar surface area (TPSA) is 41.5 Å². The number of benzene rings is 1. The van der Waals surface area contributed by atoms with E-state index in [4.69, 9.17) is 4.74 Å². The highest BCUT2D eigenvalue weighted by atomic mass is 32.1. The molecule has 1 aromatic carbocycles. The number of aliphatic hydroxyl groups is 1. The van der Waals surface area contributed by atoms with E-state index in [1.54, 1.807) is 23.5 Å². The zero-order valence-electron chi connectivity index (χ0n) is 11.5. The highest BCUT2D eigenvalue weighted by Gasteiger charge is 2.26. The largest absolute Gasteiger partial charge is 0.494 e. The fourth-order valence-electron chi connectivity index (χ4n) is 1.95. The zero-order valence-corrected chi connectivity index (χ0v) is 12.3. The van der Waals surface area contributed by atoms with Crippen molar-refractivity contribution in [3.05, 3.63) is 52.0 Å². The van der Waals surface area contributed by atoms with E-state index >= 15 is 0 Å². The van der Waals surface area contributed by atoms with Gasteiger partial charge in [0.15, 0.2) is 11.6 Å². The molecule has 1 unspecified atom stereocenters. The number of hydrogen-bond acceptors (Lipinski definition) is 4. The molecule has 2 N–H and O–H groups in total. The molecule has 0 amide bonds. The van der Waals surface area contributed by atoms with Crippen LogP contribution in [0.15, 0.2) is 35.7 Å². The second-order valence-electron chi connectivity index (χ2n) is 4.77. The first-order valence-electron chi connectivity index (χ1n) is 6.31. The smallest absolute Gasteiger partial charge is 0.165 e. The Morgan fingerprint density at radius 3 is 2.75 bits per heavy atom. The maximum absolute atomic E-state index is 13.8. The Hall–Kier alpha value is -1.43. The van der Waals surface area contributed by atoms with E-state index in [0.717, 1.165) is 0 Å². The van der Waals surface area contributed by atoms with E-state index in [0.29, 0.717) is 12.1 Å². The van der Waals surface area contributed by atoms with Crippen molar-refractivity contribution >= 4 is 11.3 Å². The van der Waals surface area contributed by atoms with Crippen molar-refractivity contribution in [1.29, 1.82) is 0 Å². The maximum atomic E-state index is 13.8. The molecule has 1 heterocycles. The van der Waals surface area contributed by atoms with E-state index in [1.807, 2.05) is 24.4 Å². The lowest BCUT2D eigenvalue weighted by molar-refractivity contribution is 0.173. The standard InChI is InChI=1S/C15H18FNO2S/c1-15(10-18,17-9-12-4-3-7-20-12)11-5-6-14(19-2)13(16)8-11/h3-8,17-18H,9-10H2,1-2H3. The van der Waals surface area contributed by atoms with Gasteiger partial charge in [-0.1, -0.05) is 12.1 Å². The predicted molar refractivity (Wildman–Crippen MR) is 78.5 cm³/mol. The van der Waals surface area contributed by atoms with Crippen LogP contribution in [0.4, 0.5) is 4.39 Å². The Morgan fingerprint density at radius 1 is 1.40 bits per heavy atom. The number of halogens is 1. The molecular weight excluding hydrogens is 277 g/mol. The summed E-state index contributed by atoms with van der Waals surface area (Å²) in [5.74, 6) is -0.227. The number of nitrogens with one attached hydrogen (secondary N) is 1. The molecule has 0 aliphatic heterocycles. The van der Waals surface area contributed by atoms with Crippen LogP contribution in [0.5, 0.6) is 5.75 Å². The van der Waals surface area contributed by atoms with Crippen molar-refractivity contribution in [2.24, 2.45) is 0 Å². The van der Waals surface area contributed by atoms with Crippen molar-refractivity contribution in [2.75, 3.05) is 13.7 Å². The Labute approximate surface area is 122 Å². The van der Waals surface area contributed by atoms with Gasteiger partial charge in [-0.25, -0.2) is 4.39 Å². The summed E-state index contributed by atoms with van der Waals surface area (Å²) in [5.41, 5.74) is -0.00764. The summed E-state index contributed by atoms with van der Waals surface area (Å²) in [5, 5.41) is 15.0. The molecule has 0 radical (unpaired) electrons. The van der Waals surface area contributed by atoms with Gasteiger partial charge in [0.25, 0.3) is 0 Å². The second-order valence-corrected chi connectivity index (χ2v) is 5.80. The van der Waals surface area contributed by atoms with Crippen molar-refractivity contribution in [1.82, 2.24) is 5.32 Å². The Balaban J connectivity index is 2.18. The minimum atomic E-state index is -0.697. The minimum absolute atomic E-state index is 0.121. The van der Waals surface area contributed by atoms with E-state index in [-0.39, 0.29) is 12.4 Å². The predicted octanol–water partition coefficient (Wildman–Crippen LogP) is 2.89. The van der Waals surface area contributed by atoms with Crippen molar-refractivity contribution in [2.45, 2.75) is 19.0 Å². The van der Waals surface area contributed by atoms with Crippen LogP contribution in [-0.2, 0) is 12.1 Å². The molecule has 5 heteroatoms. The third-order valence-corrected chi connectivity index (χ3v) is 4.21. The lowest BCUT2D eigenvalue weighted by Crippen LogP contribution is -2.42. The van der Waals surface area contributed by atoms with Crippen LogP contribution in [0.3, 0.4) is 0 Å². The average molecular weight is 295 g/mol. The molecular formula is C15H18FNO2S. The Bertz CT molecular complexity index is 559. The van der Waals surface area contributed by atoms with Gasteiger partial charge in [0, 0.05) is 11.4 Å². The number of methoxy groups -OCH3 is 1. The van der Waals surface area contributed by atoms with Crippen molar-refractivity contribution < 1.29 is 14.2 Å². The summed E-state index contributed by atoms with van der Waals surface area (Å²) < 4.78 is 18.7. The molecule has 0 saturated heterocycles. The maximum Gasteiger partial charge on any atom is 0.165 e. The summed E-state index contributed by atoms with van der Waals surface area (Å²) in [6.07, 6.45) is 0. The van der Waals surface area contributed by atoms with Crippen LogP contribution in [-0.4, -0.2) is 18.8 Å². The molecule has 0 spiro atoms. The summed E-state index contributed by atoms with van der Waals surface area (Å²) >= 11 is 1.64. The second kappa shape index (κ2) is 6.35. The zero-order chi connectivity index (χ0) is 14.6. The molecule has 0 bridgehead atoms. The quantitative estimate of drug-likeness (QED) is 0.861. The molecule has 0 fully saturated rings. The molecule has 2 rings (SSSR count). The summed E-state index contributed by atoms with van der Waals surface area (Å²) in [4.78, 5) is 1.17. The molecule has 3 nitrogen and oxygen atoms in total. The first-order valence-corrected chi connectivity index (χ1v) is 7.19. The van der Waals surface area contributed by atoms with Crippen LogP contribution in [0.2, 0.25) is 0 Å². The van der Waals surface area contributed by atoms with Crippen LogP contribution in [0, 0.1) is 5.82 Å². The molecule has 1 atom stereocenters. The van der Waals surface area contributed by atoms with E-state index in [2.05, 4.69) is 5.32 Å². The third-order valence-electron chi connectivity index (χ3n) is 3.34. The SMILES string of the molecule is COc1ccc(C(C)(CO)NCc2cccs2)cc1F. The van der Waals surface area contributed by atoms with Gasteiger partial charge in [-0.05, 0) is 36.1 Å². The molecule has 2 aromatic rings. The van der Waals surface area contributed by atoms with E-state index < -0.39 is 11.4 Å². The van der Waals surface area contributed by atoms with Gasteiger partial charge in [0.05, 0.1) is 19.3 Å². The molecule has 20 heavy (non-hydrogen) atoms. The number of hydrogen-bond donors (Lipinski definition) is 2. The highest BCUT2D eigenvalue weighted by Crippen LogP contribution is 2.26. The fraction of sp³-hybridized carbons (Fsp3) is 0.333. The van der Waals surface area contributed by atoms with Gasteiger partial charge < -0.3 is 15.2 Å². The summed E-state index contributed by atoms with van der Waals surface area (Å²) in [6, 6.07) is 8.73. The van der Waals surface area contributed by atoms with Crippen LogP contribution in [0.1, 0.15) is 17.4 Å². The first kappa shape index (κ1) is 15.0. The lowest BCUT2D eigenvalue weighted by atomic mass is 9.92. The number of rotatable bonds is 6. The average Bonchev–Trinajstić information content (AvgIpc) is 2.98. The number of aliphatic hydroxyl groups excluding tert-OH is 1. The Morgan fingerprint density at radius 2 is 2.20 bits per heavy atom. The van der Waals surface area contributed by atoms with Crippen molar-refractivity contribution in [3.8, 4) is 5.75 Å². The van der Waals surface area contributed by atoms with Gasteiger partial charge in [-0.3, -0.25) is 0 Å². The molecule has 0 aliphatic carbocycles. The van der Waals surface area contributed by atoms with Crippen LogP contribution in [0.25, 0.3) is 0 Å². The van der Waals surface area contributed by atoms with Gasteiger partial charge >= 0.3 is 0 Å². The first-order chi connectivity index (χ1) is 9.59. The summed E-state index contributed by atoms with van der Waals surface area (Å²) in [7, 11) is 1.43. The van der Waals surface area contributed by atoms with E-state index in [9.17, 15) is 9.50 Å². The molecule has 108 valence electrons. The minimum Gasteiger partial charge on any atom is -0.494 e. The Kier molecular flexibility index (Phi) is 4.75. The van der Waals surface area contributed by atoms with E-state index in [1.165, 1.54) is 18.1 Å². The van der Waals surface area contributed by atoms with Gasteiger partial charge in [-0.15, -0.1) is 11.3 Å². The van der Waals surface area contributed by atoms with Crippen LogP contribution < -0.4 is 10.1 Å². The molecule has 1 aromatic heterocycles. The van der Waals surface area contributed by atoms with Crippen LogP contribution >= 0.6 is 11.3 Å². The summed E-state index contributed by atoms with van der Waals surface area (Å²) in [6.45, 7) is 2.36. The normalized spacial score (nSPS) is 14.0.